The van der Waals surface area contributed by atoms with Crippen molar-refractivity contribution < 1.29 is 13.9 Å². The molecule has 128 valence electrons. The fourth-order valence-corrected chi connectivity index (χ4v) is 2.83. The predicted molar refractivity (Wildman–Crippen MR) is 91.7 cm³/mol. The predicted octanol–water partition coefficient (Wildman–Crippen LogP) is 2.82. The van der Waals surface area contributed by atoms with E-state index in [-0.39, 0.29) is 5.91 Å². The average molecular weight is 328 g/mol. The Kier molecular flexibility index (Phi) is 6.04. The van der Waals surface area contributed by atoms with E-state index >= 15 is 0 Å². The van der Waals surface area contributed by atoms with Gasteiger partial charge in [-0.3, -0.25) is 9.69 Å². The van der Waals surface area contributed by atoms with Crippen molar-refractivity contribution in [3.63, 3.8) is 0 Å². The van der Waals surface area contributed by atoms with Gasteiger partial charge in [-0.25, -0.2) is 0 Å². The molecule has 0 bridgehead atoms. The van der Waals surface area contributed by atoms with Crippen LogP contribution in [0.5, 0.6) is 0 Å². The molecule has 0 aliphatic carbocycles. The number of carbonyl (C=O) groups is 1. The van der Waals surface area contributed by atoms with Crippen LogP contribution in [0.2, 0.25) is 0 Å². The monoisotopic (exact) mass is 328 g/mol. The first-order chi connectivity index (χ1) is 11.8. The molecule has 2 aromatic rings. The molecule has 24 heavy (non-hydrogen) atoms. The number of nitrogens with zero attached hydrogens (tertiary/aromatic N) is 1. The summed E-state index contributed by atoms with van der Waals surface area (Å²) in [7, 11) is 0. The van der Waals surface area contributed by atoms with E-state index in [1.54, 1.807) is 6.07 Å². The number of benzene rings is 1. The largest absolute Gasteiger partial charge is 0.455 e. The SMILES string of the molecule is O=C(NCCOCc1ccccc1)c1ccc(CN2CCCC2)o1. The molecule has 0 radical (unpaired) electrons. The highest BCUT2D eigenvalue weighted by atomic mass is 16.5. The van der Waals surface area contributed by atoms with Crippen molar-refractivity contribution in [1.82, 2.24) is 10.2 Å². The lowest BCUT2D eigenvalue weighted by atomic mass is 10.2. The van der Waals surface area contributed by atoms with Crippen molar-refractivity contribution in [2.24, 2.45) is 0 Å². The Morgan fingerprint density at radius 3 is 2.71 bits per heavy atom. The number of carbonyl (C=O) groups excluding carboxylic acids is 1. The van der Waals surface area contributed by atoms with Crippen molar-refractivity contribution in [1.29, 1.82) is 0 Å². The van der Waals surface area contributed by atoms with Crippen molar-refractivity contribution >= 4 is 5.91 Å². The fraction of sp³-hybridized carbons (Fsp3) is 0.421. The highest BCUT2D eigenvalue weighted by Gasteiger charge is 2.15. The molecule has 1 amide bonds. The van der Waals surface area contributed by atoms with E-state index in [1.807, 2.05) is 36.4 Å². The number of amides is 1. The summed E-state index contributed by atoms with van der Waals surface area (Å²) in [5.41, 5.74) is 1.13. The van der Waals surface area contributed by atoms with Crippen LogP contribution < -0.4 is 5.32 Å². The van der Waals surface area contributed by atoms with Gasteiger partial charge in [-0.15, -0.1) is 0 Å². The number of likely N-dealkylation sites (tertiary alicyclic amines) is 1. The van der Waals surface area contributed by atoms with Crippen molar-refractivity contribution in [2.75, 3.05) is 26.2 Å². The van der Waals surface area contributed by atoms with Crippen LogP contribution in [0.25, 0.3) is 0 Å². The Labute approximate surface area is 142 Å². The standard InChI is InChI=1S/C19H24N2O3/c22-19(20-10-13-23-15-16-6-2-1-3-7-16)18-9-8-17(24-18)14-21-11-4-5-12-21/h1-3,6-9H,4-5,10-15H2,(H,20,22). The van der Waals surface area contributed by atoms with Gasteiger partial charge >= 0.3 is 0 Å². The molecule has 0 saturated carbocycles. The minimum absolute atomic E-state index is 0.189. The summed E-state index contributed by atoms with van der Waals surface area (Å²) in [4.78, 5) is 14.4. The first-order valence-corrected chi connectivity index (χ1v) is 8.52. The average Bonchev–Trinajstić information content (AvgIpc) is 3.28. The summed E-state index contributed by atoms with van der Waals surface area (Å²) in [5.74, 6) is 1.03. The molecular formula is C19H24N2O3. The summed E-state index contributed by atoms with van der Waals surface area (Å²) in [6.07, 6.45) is 2.49. The lowest BCUT2D eigenvalue weighted by Crippen LogP contribution is -2.26. The molecule has 1 saturated heterocycles. The zero-order valence-corrected chi connectivity index (χ0v) is 13.9. The molecule has 5 nitrogen and oxygen atoms in total. The van der Waals surface area contributed by atoms with Crippen molar-refractivity contribution in [3.05, 3.63) is 59.5 Å². The number of furan rings is 1. The molecule has 1 aliphatic heterocycles. The molecule has 1 N–H and O–H groups in total. The summed E-state index contributed by atoms with van der Waals surface area (Å²) >= 11 is 0. The molecular weight excluding hydrogens is 304 g/mol. The summed E-state index contributed by atoms with van der Waals surface area (Å²) < 4.78 is 11.2. The first-order valence-electron chi connectivity index (χ1n) is 8.52. The second-order valence-electron chi connectivity index (χ2n) is 6.04. The molecule has 3 rings (SSSR count). The summed E-state index contributed by atoms with van der Waals surface area (Å²) in [6.45, 7) is 4.50. The Morgan fingerprint density at radius 2 is 1.92 bits per heavy atom. The Balaban J connectivity index is 1.35. The zero-order valence-electron chi connectivity index (χ0n) is 13.9. The Hall–Kier alpha value is -2.11. The van der Waals surface area contributed by atoms with Crippen LogP contribution in [0.15, 0.2) is 46.9 Å². The molecule has 1 aromatic carbocycles. The Morgan fingerprint density at radius 1 is 1.12 bits per heavy atom. The second kappa shape index (κ2) is 8.66. The van der Waals surface area contributed by atoms with E-state index in [0.717, 1.165) is 31.0 Å². The number of nitrogens with one attached hydrogen (secondary N) is 1. The van der Waals surface area contributed by atoms with Crippen LogP contribution in [0.4, 0.5) is 0 Å². The van der Waals surface area contributed by atoms with E-state index in [4.69, 9.17) is 9.15 Å². The molecule has 1 aliphatic rings. The molecule has 1 aromatic heterocycles. The van der Waals surface area contributed by atoms with Crippen LogP contribution in [0, 0.1) is 0 Å². The summed E-state index contributed by atoms with van der Waals surface area (Å²) in [6, 6.07) is 13.6. The van der Waals surface area contributed by atoms with E-state index < -0.39 is 0 Å². The number of hydrogen-bond acceptors (Lipinski definition) is 4. The minimum atomic E-state index is -0.189. The summed E-state index contributed by atoms with van der Waals surface area (Å²) in [5, 5.41) is 2.82. The van der Waals surface area contributed by atoms with E-state index in [1.165, 1.54) is 12.8 Å². The highest BCUT2D eigenvalue weighted by molar-refractivity contribution is 5.91. The topological polar surface area (TPSA) is 54.7 Å². The second-order valence-corrected chi connectivity index (χ2v) is 6.04. The van der Waals surface area contributed by atoms with Gasteiger partial charge in [0.25, 0.3) is 5.91 Å². The van der Waals surface area contributed by atoms with Crippen LogP contribution in [-0.4, -0.2) is 37.0 Å². The fourth-order valence-electron chi connectivity index (χ4n) is 2.83. The van der Waals surface area contributed by atoms with Gasteiger partial charge in [-0.1, -0.05) is 30.3 Å². The van der Waals surface area contributed by atoms with Crippen LogP contribution >= 0.6 is 0 Å². The van der Waals surface area contributed by atoms with Gasteiger partial charge in [-0.05, 0) is 43.6 Å². The maximum atomic E-state index is 12.1. The molecule has 0 atom stereocenters. The third-order valence-corrected chi connectivity index (χ3v) is 4.11. The molecule has 0 unspecified atom stereocenters. The van der Waals surface area contributed by atoms with E-state index in [2.05, 4.69) is 10.2 Å². The third kappa shape index (κ3) is 4.94. The quantitative estimate of drug-likeness (QED) is 0.757. The minimum Gasteiger partial charge on any atom is -0.455 e. The number of hydrogen-bond donors (Lipinski definition) is 1. The molecule has 1 fully saturated rings. The lowest BCUT2D eigenvalue weighted by molar-refractivity contribution is 0.0872. The van der Waals surface area contributed by atoms with Crippen LogP contribution in [0.3, 0.4) is 0 Å². The maximum Gasteiger partial charge on any atom is 0.287 e. The number of ether oxygens (including phenoxy) is 1. The van der Waals surface area contributed by atoms with Gasteiger partial charge in [0.15, 0.2) is 5.76 Å². The zero-order chi connectivity index (χ0) is 16.6. The van der Waals surface area contributed by atoms with Crippen molar-refractivity contribution in [2.45, 2.75) is 26.0 Å². The molecule has 5 heteroatoms. The molecule has 2 heterocycles. The van der Waals surface area contributed by atoms with Gasteiger partial charge in [0.1, 0.15) is 5.76 Å². The molecule has 0 spiro atoms. The normalized spacial score (nSPS) is 14.8. The maximum absolute atomic E-state index is 12.1. The van der Waals surface area contributed by atoms with Gasteiger partial charge < -0.3 is 14.5 Å². The van der Waals surface area contributed by atoms with Gasteiger partial charge in [-0.2, -0.15) is 0 Å². The van der Waals surface area contributed by atoms with Crippen molar-refractivity contribution in [3.8, 4) is 0 Å². The Bertz CT molecular complexity index is 633. The van der Waals surface area contributed by atoms with Crippen LogP contribution in [-0.2, 0) is 17.9 Å². The van der Waals surface area contributed by atoms with Gasteiger partial charge in [0.2, 0.25) is 0 Å². The van der Waals surface area contributed by atoms with E-state index in [9.17, 15) is 4.79 Å². The third-order valence-electron chi connectivity index (χ3n) is 4.11. The number of rotatable bonds is 8. The van der Waals surface area contributed by atoms with E-state index in [0.29, 0.717) is 25.5 Å². The highest BCUT2D eigenvalue weighted by Crippen LogP contribution is 2.15. The van der Waals surface area contributed by atoms with Crippen LogP contribution in [0.1, 0.15) is 34.7 Å². The smallest absolute Gasteiger partial charge is 0.287 e. The lowest BCUT2D eigenvalue weighted by Gasteiger charge is -2.11. The van der Waals surface area contributed by atoms with Gasteiger partial charge in [0, 0.05) is 6.54 Å². The van der Waals surface area contributed by atoms with Gasteiger partial charge in [0.05, 0.1) is 19.8 Å². The first kappa shape index (κ1) is 16.7.